The highest BCUT2D eigenvalue weighted by atomic mass is 19.1. The number of halogens is 1. The van der Waals surface area contributed by atoms with E-state index in [4.69, 9.17) is 4.74 Å². The van der Waals surface area contributed by atoms with Crippen molar-refractivity contribution in [2.24, 2.45) is 0 Å². The zero-order valence-electron chi connectivity index (χ0n) is 10.7. The fraction of sp³-hybridized carbons (Fsp3) is 0.571. The van der Waals surface area contributed by atoms with Gasteiger partial charge < -0.3 is 10.1 Å². The average Bonchev–Trinajstić information content (AvgIpc) is 2.34. The Balaban J connectivity index is 2.49. The molecule has 0 saturated heterocycles. The SMILES string of the molecule is CCCC(CNCCOC)c1ccc(F)cc1. The number of rotatable bonds is 8. The van der Waals surface area contributed by atoms with Gasteiger partial charge in [-0.05, 0) is 30.0 Å². The molecule has 0 aliphatic carbocycles. The van der Waals surface area contributed by atoms with E-state index < -0.39 is 0 Å². The number of hydrogen-bond acceptors (Lipinski definition) is 2. The fourth-order valence-electron chi connectivity index (χ4n) is 1.92. The van der Waals surface area contributed by atoms with Gasteiger partial charge in [-0.15, -0.1) is 0 Å². The van der Waals surface area contributed by atoms with Gasteiger partial charge in [0.15, 0.2) is 0 Å². The third-order valence-corrected chi connectivity index (χ3v) is 2.85. The van der Waals surface area contributed by atoms with Gasteiger partial charge in [0.1, 0.15) is 5.82 Å². The number of nitrogens with one attached hydrogen (secondary N) is 1. The van der Waals surface area contributed by atoms with Crippen LogP contribution in [0.4, 0.5) is 4.39 Å². The fourth-order valence-corrected chi connectivity index (χ4v) is 1.92. The first-order valence-electron chi connectivity index (χ1n) is 6.23. The first-order chi connectivity index (χ1) is 8.27. The van der Waals surface area contributed by atoms with Crippen molar-refractivity contribution in [1.82, 2.24) is 5.32 Å². The highest BCUT2D eigenvalue weighted by molar-refractivity contribution is 5.20. The quantitative estimate of drug-likeness (QED) is 0.704. The molecular formula is C14H22FNO. The van der Waals surface area contributed by atoms with Gasteiger partial charge in [0.25, 0.3) is 0 Å². The molecule has 0 radical (unpaired) electrons. The van der Waals surface area contributed by atoms with Crippen molar-refractivity contribution in [1.29, 1.82) is 0 Å². The average molecular weight is 239 g/mol. The van der Waals surface area contributed by atoms with E-state index in [1.807, 2.05) is 12.1 Å². The van der Waals surface area contributed by atoms with Crippen molar-refractivity contribution < 1.29 is 9.13 Å². The lowest BCUT2D eigenvalue weighted by Crippen LogP contribution is -2.25. The summed E-state index contributed by atoms with van der Waals surface area (Å²) in [7, 11) is 1.70. The topological polar surface area (TPSA) is 21.3 Å². The highest BCUT2D eigenvalue weighted by Crippen LogP contribution is 2.20. The van der Waals surface area contributed by atoms with Gasteiger partial charge in [0.05, 0.1) is 6.61 Å². The number of benzene rings is 1. The van der Waals surface area contributed by atoms with Crippen LogP contribution in [0.3, 0.4) is 0 Å². The molecule has 96 valence electrons. The molecule has 0 bridgehead atoms. The smallest absolute Gasteiger partial charge is 0.123 e. The summed E-state index contributed by atoms with van der Waals surface area (Å²) in [6.07, 6.45) is 2.25. The van der Waals surface area contributed by atoms with Crippen molar-refractivity contribution in [3.05, 3.63) is 35.6 Å². The minimum atomic E-state index is -0.170. The van der Waals surface area contributed by atoms with Crippen LogP contribution in [0, 0.1) is 5.82 Å². The Labute approximate surface area is 103 Å². The Bertz CT molecular complexity index is 300. The van der Waals surface area contributed by atoms with Crippen LogP contribution in [-0.4, -0.2) is 26.8 Å². The second kappa shape index (κ2) is 8.20. The molecule has 1 rings (SSSR count). The zero-order chi connectivity index (χ0) is 12.5. The molecule has 1 aromatic carbocycles. The first-order valence-corrected chi connectivity index (χ1v) is 6.23. The van der Waals surface area contributed by atoms with Crippen LogP contribution in [-0.2, 0) is 4.74 Å². The zero-order valence-corrected chi connectivity index (χ0v) is 10.7. The Morgan fingerprint density at radius 1 is 1.29 bits per heavy atom. The monoisotopic (exact) mass is 239 g/mol. The maximum atomic E-state index is 12.9. The second-order valence-electron chi connectivity index (χ2n) is 4.23. The lowest BCUT2D eigenvalue weighted by Gasteiger charge is -2.17. The minimum Gasteiger partial charge on any atom is -0.383 e. The van der Waals surface area contributed by atoms with E-state index in [0.29, 0.717) is 5.92 Å². The van der Waals surface area contributed by atoms with Crippen LogP contribution in [0.25, 0.3) is 0 Å². The summed E-state index contributed by atoms with van der Waals surface area (Å²) < 4.78 is 17.8. The number of ether oxygens (including phenoxy) is 1. The van der Waals surface area contributed by atoms with Crippen molar-refractivity contribution in [2.75, 3.05) is 26.8 Å². The van der Waals surface area contributed by atoms with Crippen molar-refractivity contribution >= 4 is 0 Å². The molecule has 1 atom stereocenters. The molecule has 0 amide bonds. The molecule has 1 unspecified atom stereocenters. The van der Waals surface area contributed by atoms with E-state index >= 15 is 0 Å². The lowest BCUT2D eigenvalue weighted by molar-refractivity contribution is 0.198. The van der Waals surface area contributed by atoms with Gasteiger partial charge in [-0.25, -0.2) is 4.39 Å². The van der Waals surface area contributed by atoms with Gasteiger partial charge in [-0.1, -0.05) is 25.5 Å². The van der Waals surface area contributed by atoms with Crippen LogP contribution < -0.4 is 5.32 Å². The first kappa shape index (κ1) is 14.1. The van der Waals surface area contributed by atoms with E-state index in [1.54, 1.807) is 7.11 Å². The van der Waals surface area contributed by atoms with E-state index in [9.17, 15) is 4.39 Å². The summed E-state index contributed by atoms with van der Waals surface area (Å²) in [5.41, 5.74) is 1.21. The summed E-state index contributed by atoms with van der Waals surface area (Å²) in [6.45, 7) is 4.68. The third kappa shape index (κ3) is 5.29. The maximum absolute atomic E-state index is 12.9. The Morgan fingerprint density at radius 2 is 2.00 bits per heavy atom. The molecule has 3 heteroatoms. The van der Waals surface area contributed by atoms with E-state index in [2.05, 4.69) is 12.2 Å². The molecule has 0 aliphatic heterocycles. The molecule has 17 heavy (non-hydrogen) atoms. The summed E-state index contributed by atoms with van der Waals surface area (Å²) in [4.78, 5) is 0. The molecule has 1 N–H and O–H groups in total. The van der Waals surface area contributed by atoms with Crippen LogP contribution in [0.2, 0.25) is 0 Å². The molecule has 0 saturated carbocycles. The predicted molar refractivity (Wildman–Crippen MR) is 68.8 cm³/mol. The standard InChI is InChI=1S/C14H22FNO/c1-3-4-13(11-16-9-10-17-2)12-5-7-14(15)8-6-12/h5-8,13,16H,3-4,9-11H2,1-2H3. The van der Waals surface area contributed by atoms with Crippen molar-refractivity contribution in [3.8, 4) is 0 Å². The molecule has 1 aromatic rings. The summed E-state index contributed by atoms with van der Waals surface area (Å²) in [5.74, 6) is 0.286. The highest BCUT2D eigenvalue weighted by Gasteiger charge is 2.10. The molecule has 0 spiro atoms. The van der Waals surface area contributed by atoms with E-state index in [1.165, 1.54) is 17.7 Å². The Kier molecular flexibility index (Phi) is 6.82. The molecule has 0 fully saturated rings. The normalized spacial score (nSPS) is 12.6. The minimum absolute atomic E-state index is 0.170. The van der Waals surface area contributed by atoms with Crippen LogP contribution in [0.1, 0.15) is 31.2 Å². The van der Waals surface area contributed by atoms with E-state index in [-0.39, 0.29) is 5.82 Å². The Morgan fingerprint density at radius 3 is 2.59 bits per heavy atom. The molecular weight excluding hydrogens is 217 g/mol. The van der Waals surface area contributed by atoms with Crippen LogP contribution >= 0.6 is 0 Å². The molecule has 0 aliphatic rings. The largest absolute Gasteiger partial charge is 0.383 e. The van der Waals surface area contributed by atoms with Gasteiger partial charge in [0, 0.05) is 20.2 Å². The van der Waals surface area contributed by atoms with Crippen LogP contribution in [0.5, 0.6) is 0 Å². The van der Waals surface area contributed by atoms with E-state index in [0.717, 1.165) is 32.5 Å². The summed E-state index contributed by atoms with van der Waals surface area (Å²) >= 11 is 0. The predicted octanol–water partition coefficient (Wildman–Crippen LogP) is 2.95. The van der Waals surface area contributed by atoms with Gasteiger partial charge in [-0.2, -0.15) is 0 Å². The third-order valence-electron chi connectivity index (χ3n) is 2.85. The summed E-state index contributed by atoms with van der Waals surface area (Å²) in [5, 5.41) is 3.37. The molecule has 0 aromatic heterocycles. The number of hydrogen-bond donors (Lipinski definition) is 1. The van der Waals surface area contributed by atoms with Gasteiger partial charge >= 0.3 is 0 Å². The van der Waals surface area contributed by atoms with Crippen molar-refractivity contribution in [2.45, 2.75) is 25.7 Å². The number of methoxy groups -OCH3 is 1. The lowest BCUT2D eigenvalue weighted by atomic mass is 9.94. The molecule has 0 heterocycles. The maximum Gasteiger partial charge on any atom is 0.123 e. The Hall–Kier alpha value is -0.930. The van der Waals surface area contributed by atoms with Gasteiger partial charge in [-0.3, -0.25) is 0 Å². The second-order valence-corrected chi connectivity index (χ2v) is 4.23. The summed E-state index contributed by atoms with van der Waals surface area (Å²) in [6, 6.07) is 6.83. The van der Waals surface area contributed by atoms with Gasteiger partial charge in [0.2, 0.25) is 0 Å². The van der Waals surface area contributed by atoms with Crippen LogP contribution in [0.15, 0.2) is 24.3 Å². The molecule has 2 nitrogen and oxygen atoms in total. The van der Waals surface area contributed by atoms with Crippen molar-refractivity contribution in [3.63, 3.8) is 0 Å².